The monoisotopic (exact) mass is 281 g/mol. The molecule has 2 rings (SSSR count). The van der Waals surface area contributed by atoms with Gasteiger partial charge >= 0.3 is 0 Å². The molecular formula is C14H20BrN. The Morgan fingerprint density at radius 3 is 2.81 bits per heavy atom. The lowest BCUT2D eigenvalue weighted by Gasteiger charge is -2.25. The average molecular weight is 282 g/mol. The molecule has 1 aromatic carbocycles. The minimum atomic E-state index is 1.00. The first-order chi connectivity index (χ1) is 7.75. The van der Waals surface area contributed by atoms with Gasteiger partial charge in [-0.2, -0.15) is 0 Å². The lowest BCUT2D eigenvalue weighted by molar-refractivity contribution is 0.292. The van der Waals surface area contributed by atoms with Crippen LogP contribution in [0.5, 0.6) is 0 Å². The highest BCUT2D eigenvalue weighted by Crippen LogP contribution is 2.28. The highest BCUT2D eigenvalue weighted by molar-refractivity contribution is 9.10. The number of hydrogen-bond acceptors (Lipinski definition) is 1. The van der Waals surface area contributed by atoms with Gasteiger partial charge in [0, 0.05) is 11.0 Å². The predicted molar refractivity (Wildman–Crippen MR) is 72.5 cm³/mol. The first-order valence-corrected chi connectivity index (χ1v) is 7.01. The smallest absolute Gasteiger partial charge is 0.0205 e. The molecule has 0 saturated heterocycles. The van der Waals surface area contributed by atoms with Crippen molar-refractivity contribution in [3.63, 3.8) is 0 Å². The van der Waals surface area contributed by atoms with Crippen LogP contribution in [-0.2, 0) is 6.54 Å². The number of hydrogen-bond donors (Lipinski definition) is 1. The first-order valence-electron chi connectivity index (χ1n) is 6.21. The van der Waals surface area contributed by atoms with Crippen LogP contribution < -0.4 is 5.32 Å². The minimum absolute atomic E-state index is 1.00. The van der Waals surface area contributed by atoms with Crippen LogP contribution >= 0.6 is 15.9 Å². The van der Waals surface area contributed by atoms with Crippen LogP contribution in [0.3, 0.4) is 0 Å². The molecule has 0 aromatic heterocycles. The van der Waals surface area contributed by atoms with Crippen molar-refractivity contribution >= 4 is 15.9 Å². The molecule has 1 aliphatic carbocycles. The highest BCUT2D eigenvalue weighted by atomic mass is 79.9. The molecule has 16 heavy (non-hydrogen) atoms. The Kier molecular flexibility index (Phi) is 4.42. The Morgan fingerprint density at radius 1 is 1.38 bits per heavy atom. The van der Waals surface area contributed by atoms with E-state index in [-0.39, 0.29) is 0 Å². The van der Waals surface area contributed by atoms with Crippen molar-refractivity contribution in [2.24, 2.45) is 5.92 Å². The Labute approximate surface area is 107 Å². The maximum absolute atomic E-state index is 3.53. The molecular weight excluding hydrogens is 262 g/mol. The van der Waals surface area contributed by atoms with Crippen LogP contribution in [0.15, 0.2) is 22.7 Å². The van der Waals surface area contributed by atoms with E-state index in [0.29, 0.717) is 0 Å². The van der Waals surface area contributed by atoms with E-state index in [2.05, 4.69) is 46.4 Å². The van der Waals surface area contributed by atoms with Gasteiger partial charge in [0.05, 0.1) is 0 Å². The number of halogens is 1. The van der Waals surface area contributed by atoms with Gasteiger partial charge in [0.25, 0.3) is 0 Å². The zero-order chi connectivity index (χ0) is 11.4. The molecule has 88 valence electrons. The zero-order valence-electron chi connectivity index (χ0n) is 9.93. The second-order valence-electron chi connectivity index (χ2n) is 4.85. The molecule has 0 atom stereocenters. The average Bonchev–Trinajstić information content (AvgIpc) is 2.20. The molecule has 1 aliphatic rings. The van der Waals surface area contributed by atoms with Gasteiger partial charge in [-0.05, 0) is 43.0 Å². The summed E-state index contributed by atoms with van der Waals surface area (Å²) in [6, 6.07) is 6.58. The second-order valence-corrected chi connectivity index (χ2v) is 5.70. The number of nitrogens with one attached hydrogen (secondary N) is 1. The van der Waals surface area contributed by atoms with Gasteiger partial charge in [-0.3, -0.25) is 0 Å². The molecule has 0 amide bonds. The quantitative estimate of drug-likeness (QED) is 0.804. The normalized spacial score (nSPS) is 16.1. The van der Waals surface area contributed by atoms with E-state index in [1.807, 2.05) is 0 Å². The fraction of sp³-hybridized carbons (Fsp3) is 0.571. The zero-order valence-corrected chi connectivity index (χ0v) is 11.5. The Morgan fingerprint density at radius 2 is 2.19 bits per heavy atom. The van der Waals surface area contributed by atoms with E-state index in [4.69, 9.17) is 0 Å². The van der Waals surface area contributed by atoms with Gasteiger partial charge in [-0.1, -0.05) is 47.3 Å². The summed E-state index contributed by atoms with van der Waals surface area (Å²) in [5, 5.41) is 3.53. The second kappa shape index (κ2) is 5.83. The minimum Gasteiger partial charge on any atom is -0.313 e. The molecule has 1 fully saturated rings. The van der Waals surface area contributed by atoms with Crippen molar-refractivity contribution in [1.29, 1.82) is 0 Å². The molecule has 1 aromatic rings. The molecule has 1 saturated carbocycles. The lowest BCUT2D eigenvalue weighted by Crippen LogP contribution is -2.21. The molecule has 0 radical (unpaired) electrons. The van der Waals surface area contributed by atoms with Gasteiger partial charge < -0.3 is 5.32 Å². The first kappa shape index (κ1) is 12.1. The van der Waals surface area contributed by atoms with E-state index >= 15 is 0 Å². The summed E-state index contributed by atoms with van der Waals surface area (Å²) in [6.07, 6.45) is 5.73. The van der Waals surface area contributed by atoms with E-state index in [1.54, 1.807) is 0 Å². The summed E-state index contributed by atoms with van der Waals surface area (Å²) in [5.41, 5.74) is 2.70. The molecule has 1 N–H and O–H groups in total. The maximum Gasteiger partial charge on any atom is 0.0205 e. The van der Waals surface area contributed by atoms with Crippen LogP contribution in [-0.4, -0.2) is 6.54 Å². The Hall–Kier alpha value is -0.340. The largest absolute Gasteiger partial charge is 0.313 e. The molecule has 2 heteroatoms. The van der Waals surface area contributed by atoms with Gasteiger partial charge in [0.1, 0.15) is 0 Å². The van der Waals surface area contributed by atoms with Gasteiger partial charge in [0.15, 0.2) is 0 Å². The molecule has 0 spiro atoms. The van der Waals surface area contributed by atoms with Gasteiger partial charge in [-0.25, -0.2) is 0 Å². The van der Waals surface area contributed by atoms with E-state index < -0.39 is 0 Å². The van der Waals surface area contributed by atoms with E-state index in [1.165, 1.54) is 47.8 Å². The standard InChI is InChI=1S/C14H20BrN/c1-11-9-13(5-6-14(11)15)10-16-8-7-12-3-2-4-12/h5-6,9,12,16H,2-4,7-8,10H2,1H3. The summed E-state index contributed by atoms with van der Waals surface area (Å²) in [7, 11) is 0. The van der Waals surface area contributed by atoms with Crippen molar-refractivity contribution in [2.75, 3.05) is 6.54 Å². The number of rotatable bonds is 5. The Bertz CT molecular complexity index is 345. The van der Waals surface area contributed by atoms with Crippen molar-refractivity contribution in [2.45, 2.75) is 39.2 Å². The van der Waals surface area contributed by atoms with Gasteiger partial charge in [-0.15, -0.1) is 0 Å². The number of benzene rings is 1. The van der Waals surface area contributed by atoms with Crippen LogP contribution in [0.4, 0.5) is 0 Å². The third kappa shape index (κ3) is 3.33. The van der Waals surface area contributed by atoms with E-state index in [9.17, 15) is 0 Å². The lowest BCUT2D eigenvalue weighted by atomic mass is 9.83. The van der Waals surface area contributed by atoms with Crippen molar-refractivity contribution in [3.05, 3.63) is 33.8 Å². The van der Waals surface area contributed by atoms with Crippen molar-refractivity contribution < 1.29 is 0 Å². The fourth-order valence-corrected chi connectivity index (χ4v) is 2.38. The third-order valence-electron chi connectivity index (χ3n) is 3.51. The predicted octanol–water partition coefficient (Wildman–Crippen LogP) is 4.04. The highest BCUT2D eigenvalue weighted by Gasteiger charge is 2.15. The SMILES string of the molecule is Cc1cc(CNCCC2CCC2)ccc1Br. The Balaban J connectivity index is 1.69. The fourth-order valence-electron chi connectivity index (χ4n) is 2.14. The van der Waals surface area contributed by atoms with Crippen LogP contribution in [0.1, 0.15) is 36.8 Å². The number of aryl methyl sites for hydroxylation is 1. The van der Waals surface area contributed by atoms with Crippen molar-refractivity contribution in [3.8, 4) is 0 Å². The molecule has 0 bridgehead atoms. The van der Waals surface area contributed by atoms with Gasteiger partial charge in [0.2, 0.25) is 0 Å². The summed E-state index contributed by atoms with van der Waals surface area (Å²) in [6.45, 7) is 4.31. The van der Waals surface area contributed by atoms with E-state index in [0.717, 1.165) is 12.5 Å². The maximum atomic E-state index is 3.53. The van der Waals surface area contributed by atoms with Crippen LogP contribution in [0.2, 0.25) is 0 Å². The molecule has 0 aliphatic heterocycles. The third-order valence-corrected chi connectivity index (χ3v) is 4.40. The summed E-state index contributed by atoms with van der Waals surface area (Å²) < 4.78 is 1.20. The molecule has 1 nitrogen and oxygen atoms in total. The van der Waals surface area contributed by atoms with Crippen molar-refractivity contribution in [1.82, 2.24) is 5.32 Å². The summed E-state index contributed by atoms with van der Waals surface area (Å²) >= 11 is 3.53. The summed E-state index contributed by atoms with van der Waals surface area (Å²) in [5.74, 6) is 1.01. The molecule has 0 heterocycles. The topological polar surface area (TPSA) is 12.0 Å². The summed E-state index contributed by atoms with van der Waals surface area (Å²) in [4.78, 5) is 0. The van der Waals surface area contributed by atoms with Crippen LogP contribution in [0.25, 0.3) is 0 Å². The molecule has 0 unspecified atom stereocenters. The van der Waals surface area contributed by atoms with Crippen LogP contribution in [0, 0.1) is 12.8 Å².